The van der Waals surface area contributed by atoms with Crippen molar-refractivity contribution in [2.24, 2.45) is 5.10 Å². The first kappa shape index (κ1) is 21.3. The molecule has 1 N–H and O–H groups in total. The van der Waals surface area contributed by atoms with Crippen molar-refractivity contribution >= 4 is 39.0 Å². The molecular formula is C20H18BrN3O6. The second-order valence-corrected chi connectivity index (χ2v) is 6.81. The van der Waals surface area contributed by atoms with Crippen LogP contribution in [0.15, 0.2) is 55.6 Å². The molecule has 0 radical (unpaired) electrons. The number of nitrogens with one attached hydrogen (secondary N) is 1. The monoisotopic (exact) mass is 475 g/mol. The van der Waals surface area contributed by atoms with Gasteiger partial charge in [0.25, 0.3) is 5.56 Å². The average molecular weight is 476 g/mol. The second-order valence-electron chi connectivity index (χ2n) is 5.96. The quantitative estimate of drug-likeness (QED) is 0.414. The summed E-state index contributed by atoms with van der Waals surface area (Å²) >= 11 is 3.38. The summed E-state index contributed by atoms with van der Waals surface area (Å²) in [5, 5.41) is 4.37. The van der Waals surface area contributed by atoms with Gasteiger partial charge in [-0.05, 0) is 47.1 Å². The van der Waals surface area contributed by atoms with Gasteiger partial charge in [-0.15, -0.1) is 4.68 Å². The fraction of sp³-hybridized carbons (Fsp3) is 0.200. The molecule has 0 aliphatic heterocycles. The van der Waals surface area contributed by atoms with Crippen LogP contribution in [-0.4, -0.2) is 42.2 Å². The van der Waals surface area contributed by atoms with Crippen molar-refractivity contribution in [1.82, 2.24) is 9.66 Å². The summed E-state index contributed by atoms with van der Waals surface area (Å²) < 4.78 is 16.9. The van der Waals surface area contributed by atoms with Gasteiger partial charge in [-0.25, -0.2) is 9.59 Å². The number of para-hydroxylation sites is 1. The van der Waals surface area contributed by atoms with Crippen LogP contribution < -0.4 is 20.7 Å². The summed E-state index contributed by atoms with van der Waals surface area (Å²) in [6.07, 6.45) is 1.34. The Hall–Kier alpha value is -3.40. The number of nitrogens with zero attached hydrogens (tertiary/aromatic N) is 2. The molecule has 9 nitrogen and oxygen atoms in total. The van der Waals surface area contributed by atoms with Crippen LogP contribution in [-0.2, 0) is 9.53 Å². The number of carbonyl (C=O) groups is 1. The summed E-state index contributed by atoms with van der Waals surface area (Å²) in [5.41, 5.74) is -0.241. The highest BCUT2D eigenvalue weighted by atomic mass is 79.9. The Morgan fingerprint density at radius 2 is 2.00 bits per heavy atom. The van der Waals surface area contributed by atoms with Crippen LogP contribution in [0.5, 0.6) is 11.5 Å². The third kappa shape index (κ3) is 4.60. The molecule has 0 saturated carbocycles. The van der Waals surface area contributed by atoms with Crippen LogP contribution in [0, 0.1) is 0 Å². The molecule has 30 heavy (non-hydrogen) atoms. The minimum atomic E-state index is -0.660. The number of hydrogen-bond acceptors (Lipinski definition) is 7. The number of fused-ring (bicyclic) bond motifs is 1. The fourth-order valence-electron chi connectivity index (χ4n) is 2.64. The number of methoxy groups -OCH3 is 1. The molecule has 3 rings (SSSR count). The molecule has 0 aliphatic rings. The Morgan fingerprint density at radius 1 is 1.23 bits per heavy atom. The summed E-state index contributed by atoms with van der Waals surface area (Å²) in [5.74, 6) is 0.148. The molecule has 3 aromatic rings. The fourth-order valence-corrected chi connectivity index (χ4v) is 3.06. The summed E-state index contributed by atoms with van der Waals surface area (Å²) in [7, 11) is 1.44. The molecule has 10 heteroatoms. The molecule has 1 heterocycles. The van der Waals surface area contributed by atoms with Gasteiger partial charge in [0.15, 0.2) is 18.1 Å². The third-order valence-electron chi connectivity index (χ3n) is 4.03. The molecule has 0 aliphatic carbocycles. The number of esters is 1. The Labute approximate surface area is 179 Å². The number of benzene rings is 2. The molecule has 0 unspecified atom stereocenters. The number of H-pyrrole nitrogens is 1. The van der Waals surface area contributed by atoms with Crippen LogP contribution in [0.3, 0.4) is 0 Å². The van der Waals surface area contributed by atoms with Gasteiger partial charge in [0, 0.05) is 10.0 Å². The van der Waals surface area contributed by atoms with Crippen LogP contribution in [0.25, 0.3) is 10.9 Å². The predicted molar refractivity (Wildman–Crippen MR) is 115 cm³/mol. The molecule has 0 saturated heterocycles. The first-order valence-electron chi connectivity index (χ1n) is 8.89. The molecular weight excluding hydrogens is 458 g/mol. The number of hydrogen-bond donors (Lipinski definition) is 1. The number of carbonyl (C=O) groups excluding carboxylic acids is 1. The maximum Gasteiger partial charge on any atom is 0.349 e. The molecule has 0 bridgehead atoms. The van der Waals surface area contributed by atoms with E-state index in [1.165, 1.54) is 13.3 Å². The molecule has 0 amide bonds. The lowest BCUT2D eigenvalue weighted by Gasteiger charge is -2.12. The maximum absolute atomic E-state index is 12.6. The first-order chi connectivity index (χ1) is 14.4. The number of ether oxygens (including phenoxy) is 3. The van der Waals surface area contributed by atoms with Crippen LogP contribution in [0.1, 0.15) is 12.5 Å². The topological polar surface area (TPSA) is 112 Å². The first-order valence-corrected chi connectivity index (χ1v) is 9.68. The van der Waals surface area contributed by atoms with Gasteiger partial charge < -0.3 is 19.2 Å². The Morgan fingerprint density at radius 3 is 2.73 bits per heavy atom. The molecule has 156 valence electrons. The number of aromatic amines is 1. The van der Waals surface area contributed by atoms with Crippen molar-refractivity contribution in [3.05, 3.63) is 67.3 Å². The van der Waals surface area contributed by atoms with E-state index in [2.05, 4.69) is 26.0 Å². The highest BCUT2D eigenvalue weighted by Gasteiger charge is 2.12. The summed E-state index contributed by atoms with van der Waals surface area (Å²) in [6, 6.07) is 9.85. The molecule has 1 aromatic heterocycles. The third-order valence-corrected chi connectivity index (χ3v) is 4.72. The van der Waals surface area contributed by atoms with E-state index < -0.39 is 17.2 Å². The van der Waals surface area contributed by atoms with E-state index >= 15 is 0 Å². The zero-order valence-corrected chi connectivity index (χ0v) is 17.8. The SMILES string of the molecule is CCOC(=O)COc1cc(Br)c(C=Nn2c(=O)[nH]c3ccccc3c2=O)cc1OC. The van der Waals surface area contributed by atoms with Crippen molar-refractivity contribution in [3.63, 3.8) is 0 Å². The largest absolute Gasteiger partial charge is 0.493 e. The van der Waals surface area contributed by atoms with Crippen LogP contribution >= 0.6 is 15.9 Å². The van der Waals surface area contributed by atoms with Crippen molar-refractivity contribution in [1.29, 1.82) is 0 Å². The molecule has 0 atom stereocenters. The second kappa shape index (κ2) is 9.40. The van der Waals surface area contributed by atoms with Crippen molar-refractivity contribution in [2.45, 2.75) is 6.92 Å². The Balaban J connectivity index is 1.93. The summed E-state index contributed by atoms with van der Waals surface area (Å²) in [6.45, 7) is 1.69. The van der Waals surface area contributed by atoms with Gasteiger partial charge in [0.2, 0.25) is 0 Å². The van der Waals surface area contributed by atoms with Crippen molar-refractivity contribution < 1.29 is 19.0 Å². The number of halogens is 1. The van der Waals surface area contributed by atoms with Gasteiger partial charge in [0.1, 0.15) is 0 Å². The minimum absolute atomic E-state index is 0.256. The van der Waals surface area contributed by atoms with Gasteiger partial charge in [-0.2, -0.15) is 5.10 Å². The Bertz CT molecular complexity index is 1230. The van der Waals surface area contributed by atoms with Gasteiger partial charge in [-0.3, -0.25) is 4.79 Å². The predicted octanol–water partition coefficient (Wildman–Crippen LogP) is 2.29. The lowest BCUT2D eigenvalue weighted by molar-refractivity contribution is -0.145. The summed E-state index contributed by atoms with van der Waals surface area (Å²) in [4.78, 5) is 38.9. The maximum atomic E-state index is 12.6. The highest BCUT2D eigenvalue weighted by Crippen LogP contribution is 2.33. The van der Waals surface area contributed by atoms with Crippen LogP contribution in [0.4, 0.5) is 0 Å². The number of aromatic nitrogens is 2. The van der Waals surface area contributed by atoms with Crippen molar-refractivity contribution in [2.75, 3.05) is 20.3 Å². The molecule has 2 aromatic carbocycles. The van der Waals surface area contributed by atoms with Gasteiger partial charge in [0.05, 0.1) is 30.8 Å². The highest BCUT2D eigenvalue weighted by molar-refractivity contribution is 9.10. The standard InChI is InChI=1S/C20H18BrN3O6/c1-3-29-18(25)11-30-17-9-14(21)12(8-16(17)28-2)10-22-24-19(26)13-6-4-5-7-15(13)23-20(24)27/h4-10H,3,11H2,1-2H3,(H,23,27). The minimum Gasteiger partial charge on any atom is -0.493 e. The van der Waals surface area contributed by atoms with E-state index in [1.807, 2.05) is 0 Å². The van der Waals surface area contributed by atoms with E-state index in [4.69, 9.17) is 14.2 Å². The number of rotatable bonds is 7. The van der Waals surface area contributed by atoms with E-state index in [0.717, 1.165) is 4.68 Å². The lowest BCUT2D eigenvalue weighted by atomic mass is 10.2. The smallest absolute Gasteiger partial charge is 0.349 e. The Kier molecular flexibility index (Phi) is 6.68. The zero-order valence-electron chi connectivity index (χ0n) is 16.2. The van der Waals surface area contributed by atoms with Gasteiger partial charge >= 0.3 is 11.7 Å². The lowest BCUT2D eigenvalue weighted by Crippen LogP contribution is -2.32. The van der Waals surface area contributed by atoms with E-state index in [1.54, 1.807) is 43.3 Å². The van der Waals surface area contributed by atoms with E-state index in [-0.39, 0.29) is 13.2 Å². The molecule has 0 fully saturated rings. The van der Waals surface area contributed by atoms with Crippen LogP contribution in [0.2, 0.25) is 0 Å². The van der Waals surface area contributed by atoms with E-state index in [0.29, 0.717) is 32.4 Å². The normalized spacial score (nSPS) is 11.0. The zero-order chi connectivity index (χ0) is 21.7. The van der Waals surface area contributed by atoms with E-state index in [9.17, 15) is 14.4 Å². The van der Waals surface area contributed by atoms with Gasteiger partial charge in [-0.1, -0.05) is 12.1 Å². The van der Waals surface area contributed by atoms with Crippen molar-refractivity contribution in [3.8, 4) is 11.5 Å². The molecule has 0 spiro atoms. The average Bonchev–Trinajstić information content (AvgIpc) is 2.73.